The van der Waals surface area contributed by atoms with Gasteiger partial charge in [0.15, 0.2) is 12.1 Å². The molecule has 0 saturated carbocycles. The maximum atomic E-state index is 11.4. The molecule has 1 unspecified atom stereocenters. The van der Waals surface area contributed by atoms with Crippen LogP contribution in [0.1, 0.15) is 6.92 Å². The van der Waals surface area contributed by atoms with Crippen LogP contribution in [0.15, 0.2) is 16.8 Å². The number of ether oxygens (including phenoxy) is 1. The second-order valence-electron chi connectivity index (χ2n) is 4.91. The van der Waals surface area contributed by atoms with E-state index in [-0.39, 0.29) is 5.70 Å². The van der Waals surface area contributed by atoms with E-state index in [1.807, 2.05) is 0 Å². The van der Waals surface area contributed by atoms with Gasteiger partial charge in [0, 0.05) is 6.92 Å². The summed E-state index contributed by atoms with van der Waals surface area (Å²) < 4.78 is 5.20. The van der Waals surface area contributed by atoms with Gasteiger partial charge in [0.05, 0.1) is 18.3 Å². The van der Waals surface area contributed by atoms with Gasteiger partial charge in [-0.1, -0.05) is 0 Å². The minimum atomic E-state index is -1.70. The first-order valence-corrected chi connectivity index (χ1v) is 6.61. The zero-order chi connectivity index (χ0) is 17.7. The lowest BCUT2D eigenvalue weighted by Crippen LogP contribution is -2.58. The highest BCUT2D eigenvalue weighted by molar-refractivity contribution is 5.79. The Morgan fingerprint density at radius 1 is 1.43 bits per heavy atom. The van der Waals surface area contributed by atoms with Gasteiger partial charge < -0.3 is 41.9 Å². The topological polar surface area (TPSA) is 201 Å². The number of aliphatic hydroxyl groups is 3. The average Bonchev–Trinajstić information content (AvgIpc) is 2.45. The van der Waals surface area contributed by atoms with Gasteiger partial charge in [0.1, 0.15) is 18.3 Å². The molecule has 0 saturated heterocycles. The second kappa shape index (κ2) is 7.87. The largest absolute Gasteiger partial charge is 0.479 e. The van der Waals surface area contributed by atoms with Crippen molar-refractivity contribution in [3.63, 3.8) is 0 Å². The molecule has 9 N–H and O–H groups in total. The average molecular weight is 332 g/mol. The normalized spacial score (nSPS) is 26.6. The summed E-state index contributed by atoms with van der Waals surface area (Å²) in [4.78, 5) is 26.3. The number of amides is 1. The van der Waals surface area contributed by atoms with E-state index in [0.29, 0.717) is 0 Å². The van der Waals surface area contributed by atoms with Gasteiger partial charge in [-0.15, -0.1) is 0 Å². The van der Waals surface area contributed by atoms with Crippen molar-refractivity contribution in [2.24, 2.45) is 16.5 Å². The standard InChI is InChI=1S/C12H20N4O7/c1-4(18)15-8-5(16-12(13)14)2-7(11(21)22)23-10(8)9(20)6(19)3-17/h2,6-10,17,19-20H,3H2,1H3,(H,15,18)(H,21,22)(H4,13,14,16)/t6-,7?,8-,9-,10-/m1/s1. The maximum absolute atomic E-state index is 11.4. The molecule has 0 aromatic heterocycles. The Balaban J connectivity index is 3.29. The fourth-order valence-corrected chi connectivity index (χ4v) is 2.08. The highest BCUT2D eigenvalue weighted by Gasteiger charge is 2.42. The lowest BCUT2D eigenvalue weighted by molar-refractivity contribution is -0.165. The molecular weight excluding hydrogens is 312 g/mol. The summed E-state index contributed by atoms with van der Waals surface area (Å²) in [5.74, 6) is -2.31. The van der Waals surface area contributed by atoms with Crippen molar-refractivity contribution in [1.82, 2.24) is 5.32 Å². The molecule has 1 rings (SSSR count). The summed E-state index contributed by atoms with van der Waals surface area (Å²) in [6.07, 6.45) is -5.16. The molecule has 130 valence electrons. The first-order valence-electron chi connectivity index (χ1n) is 6.61. The number of carbonyl (C=O) groups is 2. The van der Waals surface area contributed by atoms with E-state index in [4.69, 9.17) is 26.4 Å². The number of carboxylic acids is 1. The molecule has 0 radical (unpaired) electrons. The summed E-state index contributed by atoms with van der Waals surface area (Å²) in [6, 6.07) is -1.12. The Kier molecular flexibility index (Phi) is 6.45. The monoisotopic (exact) mass is 332 g/mol. The van der Waals surface area contributed by atoms with Gasteiger partial charge in [-0.2, -0.15) is 0 Å². The van der Waals surface area contributed by atoms with Crippen LogP contribution in [0.4, 0.5) is 0 Å². The Morgan fingerprint density at radius 3 is 2.48 bits per heavy atom. The highest BCUT2D eigenvalue weighted by Crippen LogP contribution is 2.25. The van der Waals surface area contributed by atoms with Gasteiger partial charge in [-0.25, -0.2) is 9.79 Å². The third-order valence-corrected chi connectivity index (χ3v) is 3.05. The number of hydrogen-bond acceptors (Lipinski definition) is 7. The molecular formula is C12H20N4O7. The first kappa shape index (κ1) is 18.8. The maximum Gasteiger partial charge on any atom is 0.336 e. The summed E-state index contributed by atoms with van der Waals surface area (Å²) in [5.41, 5.74) is 10.5. The minimum Gasteiger partial charge on any atom is -0.479 e. The van der Waals surface area contributed by atoms with Crippen molar-refractivity contribution in [3.8, 4) is 0 Å². The van der Waals surface area contributed by atoms with Crippen LogP contribution >= 0.6 is 0 Å². The number of nitrogens with one attached hydrogen (secondary N) is 1. The van der Waals surface area contributed by atoms with Crippen LogP contribution in [0.25, 0.3) is 0 Å². The second-order valence-corrected chi connectivity index (χ2v) is 4.91. The van der Waals surface area contributed by atoms with Gasteiger partial charge in [0.2, 0.25) is 5.91 Å². The van der Waals surface area contributed by atoms with Crippen molar-refractivity contribution in [3.05, 3.63) is 11.8 Å². The van der Waals surface area contributed by atoms with E-state index in [1.165, 1.54) is 6.92 Å². The number of rotatable bonds is 6. The molecule has 0 bridgehead atoms. The predicted octanol–water partition coefficient (Wildman–Crippen LogP) is -3.79. The van der Waals surface area contributed by atoms with Crippen LogP contribution in [0.5, 0.6) is 0 Å². The Morgan fingerprint density at radius 2 is 2.04 bits per heavy atom. The highest BCUT2D eigenvalue weighted by atomic mass is 16.5. The molecule has 0 aliphatic carbocycles. The zero-order valence-electron chi connectivity index (χ0n) is 12.3. The molecule has 0 fully saturated rings. The number of aliphatic imine (C=N–C) groups is 1. The van der Waals surface area contributed by atoms with Crippen molar-refractivity contribution in [2.45, 2.75) is 37.4 Å². The van der Waals surface area contributed by atoms with E-state index in [9.17, 15) is 19.8 Å². The fraction of sp³-hybridized carbons (Fsp3) is 0.583. The summed E-state index contributed by atoms with van der Waals surface area (Å²) >= 11 is 0. The lowest BCUT2D eigenvalue weighted by Gasteiger charge is -2.37. The van der Waals surface area contributed by atoms with Crippen molar-refractivity contribution in [2.75, 3.05) is 6.61 Å². The smallest absolute Gasteiger partial charge is 0.336 e. The number of carbonyl (C=O) groups excluding carboxylic acids is 1. The van der Waals surface area contributed by atoms with Crippen LogP contribution in [-0.2, 0) is 14.3 Å². The van der Waals surface area contributed by atoms with Gasteiger partial charge in [-0.3, -0.25) is 4.79 Å². The minimum absolute atomic E-state index is 0.0481. The fourth-order valence-electron chi connectivity index (χ4n) is 2.08. The predicted molar refractivity (Wildman–Crippen MR) is 76.9 cm³/mol. The Labute approximate surface area is 131 Å². The Hall–Kier alpha value is -2.21. The van der Waals surface area contributed by atoms with E-state index < -0.39 is 54.9 Å². The van der Waals surface area contributed by atoms with E-state index in [1.54, 1.807) is 0 Å². The molecule has 5 atom stereocenters. The van der Waals surface area contributed by atoms with E-state index in [2.05, 4.69) is 10.3 Å². The molecule has 11 nitrogen and oxygen atoms in total. The molecule has 23 heavy (non-hydrogen) atoms. The van der Waals surface area contributed by atoms with Crippen LogP contribution in [0.2, 0.25) is 0 Å². The van der Waals surface area contributed by atoms with Crippen LogP contribution in [0.3, 0.4) is 0 Å². The Bertz CT molecular complexity index is 518. The zero-order valence-corrected chi connectivity index (χ0v) is 12.3. The number of hydrogen-bond donors (Lipinski definition) is 7. The number of aliphatic hydroxyl groups excluding tert-OH is 3. The third kappa shape index (κ3) is 4.89. The number of guanidine groups is 1. The molecule has 1 amide bonds. The van der Waals surface area contributed by atoms with Gasteiger partial charge in [0.25, 0.3) is 0 Å². The third-order valence-electron chi connectivity index (χ3n) is 3.05. The molecule has 0 aromatic rings. The van der Waals surface area contributed by atoms with E-state index >= 15 is 0 Å². The van der Waals surface area contributed by atoms with Gasteiger partial charge in [-0.05, 0) is 6.08 Å². The van der Waals surface area contributed by atoms with Crippen molar-refractivity contribution < 1.29 is 34.8 Å². The molecule has 11 heteroatoms. The number of aliphatic carboxylic acids is 1. The molecule has 1 aliphatic heterocycles. The quantitative estimate of drug-likeness (QED) is 0.188. The number of carboxylic acid groups (broad SMARTS) is 1. The van der Waals surface area contributed by atoms with Crippen molar-refractivity contribution in [1.29, 1.82) is 0 Å². The lowest BCUT2D eigenvalue weighted by atomic mass is 9.94. The SMILES string of the molecule is CC(=O)N[C@@H]1C(N=C(N)N)=CC(C(=O)O)O[C@H]1[C@H](O)[C@H](O)CO. The van der Waals surface area contributed by atoms with Crippen LogP contribution in [0, 0.1) is 0 Å². The van der Waals surface area contributed by atoms with Crippen LogP contribution in [-0.4, -0.2) is 75.3 Å². The molecule has 0 aromatic carbocycles. The van der Waals surface area contributed by atoms with Crippen molar-refractivity contribution >= 4 is 17.8 Å². The van der Waals surface area contributed by atoms with Crippen LogP contribution < -0.4 is 16.8 Å². The number of nitrogens with two attached hydrogens (primary N) is 2. The summed E-state index contributed by atoms with van der Waals surface area (Å²) in [7, 11) is 0. The molecule has 1 aliphatic rings. The summed E-state index contributed by atoms with van der Waals surface area (Å²) in [5, 5.41) is 40.1. The summed E-state index contributed by atoms with van der Waals surface area (Å²) in [6.45, 7) is 0.384. The number of nitrogens with zero attached hydrogens (tertiary/aromatic N) is 1. The molecule has 1 heterocycles. The molecule has 0 spiro atoms. The first-order chi connectivity index (χ1) is 10.7. The van der Waals surface area contributed by atoms with E-state index in [0.717, 1.165) is 6.08 Å². The van der Waals surface area contributed by atoms with Gasteiger partial charge >= 0.3 is 5.97 Å².